The van der Waals surface area contributed by atoms with Gasteiger partial charge in [-0.1, -0.05) is 6.92 Å². The number of esters is 2. The van der Waals surface area contributed by atoms with Crippen LogP contribution in [0.4, 0.5) is 0 Å². The van der Waals surface area contributed by atoms with Gasteiger partial charge < -0.3 is 9.47 Å². The normalized spacial score (nSPS) is 29.1. The maximum Gasteiger partial charge on any atom is 0.317 e. The SMILES string of the molecule is COC(=O)C1C(=O)C(=O)C(C(=O)OC)C1C. The Labute approximate surface area is 91.9 Å². The lowest BCUT2D eigenvalue weighted by atomic mass is 9.91. The second-order valence-electron chi connectivity index (χ2n) is 3.59. The zero-order chi connectivity index (χ0) is 12.5. The first-order valence-corrected chi connectivity index (χ1v) is 4.69. The molecule has 1 rings (SSSR count). The molecule has 1 saturated carbocycles. The van der Waals surface area contributed by atoms with Crippen LogP contribution in [0.25, 0.3) is 0 Å². The smallest absolute Gasteiger partial charge is 0.317 e. The first kappa shape index (κ1) is 12.4. The maximum atomic E-state index is 11.5. The second-order valence-corrected chi connectivity index (χ2v) is 3.59. The number of carbonyl (C=O) groups is 4. The molecule has 2 atom stereocenters. The van der Waals surface area contributed by atoms with Gasteiger partial charge in [0.2, 0.25) is 11.6 Å². The quantitative estimate of drug-likeness (QED) is 0.354. The summed E-state index contributed by atoms with van der Waals surface area (Å²) in [5, 5.41) is 0. The van der Waals surface area contributed by atoms with E-state index in [2.05, 4.69) is 9.47 Å². The number of hydrogen-bond acceptors (Lipinski definition) is 6. The summed E-state index contributed by atoms with van der Waals surface area (Å²) in [5.74, 6) is -6.46. The van der Waals surface area contributed by atoms with E-state index in [4.69, 9.17) is 0 Å². The van der Waals surface area contributed by atoms with E-state index in [9.17, 15) is 19.2 Å². The molecule has 0 bridgehead atoms. The fourth-order valence-corrected chi connectivity index (χ4v) is 1.87. The van der Waals surface area contributed by atoms with Crippen LogP contribution in [0.1, 0.15) is 6.92 Å². The van der Waals surface area contributed by atoms with E-state index in [0.717, 1.165) is 14.2 Å². The monoisotopic (exact) mass is 228 g/mol. The molecule has 0 N–H and O–H groups in total. The Hall–Kier alpha value is -1.72. The van der Waals surface area contributed by atoms with Crippen molar-refractivity contribution in [2.45, 2.75) is 6.92 Å². The standard InChI is InChI=1S/C10H12O6/c1-4-5(9(13)15-2)7(11)8(12)6(4)10(14)16-3/h4-6H,1-3H3. The van der Waals surface area contributed by atoms with Crippen molar-refractivity contribution in [2.24, 2.45) is 17.8 Å². The molecule has 0 aromatic rings. The third-order valence-electron chi connectivity index (χ3n) is 2.77. The average molecular weight is 228 g/mol. The highest BCUT2D eigenvalue weighted by Crippen LogP contribution is 2.33. The van der Waals surface area contributed by atoms with E-state index >= 15 is 0 Å². The summed E-state index contributed by atoms with van der Waals surface area (Å²) in [6, 6.07) is 0. The summed E-state index contributed by atoms with van der Waals surface area (Å²) in [4.78, 5) is 45.6. The summed E-state index contributed by atoms with van der Waals surface area (Å²) in [7, 11) is 2.25. The number of methoxy groups -OCH3 is 2. The summed E-state index contributed by atoms with van der Waals surface area (Å²) >= 11 is 0. The third-order valence-corrected chi connectivity index (χ3v) is 2.77. The molecule has 0 aromatic heterocycles. The predicted molar refractivity (Wildman–Crippen MR) is 50.2 cm³/mol. The van der Waals surface area contributed by atoms with E-state index < -0.39 is 41.3 Å². The fraction of sp³-hybridized carbons (Fsp3) is 0.600. The molecule has 2 unspecified atom stereocenters. The molecule has 1 aliphatic carbocycles. The Morgan fingerprint density at radius 2 is 1.25 bits per heavy atom. The molecule has 0 saturated heterocycles. The van der Waals surface area contributed by atoms with E-state index in [1.54, 1.807) is 0 Å². The van der Waals surface area contributed by atoms with Gasteiger partial charge in [0.15, 0.2) is 0 Å². The van der Waals surface area contributed by atoms with Gasteiger partial charge in [0, 0.05) is 0 Å². The van der Waals surface area contributed by atoms with Gasteiger partial charge in [-0.05, 0) is 5.92 Å². The largest absolute Gasteiger partial charge is 0.468 e. The van der Waals surface area contributed by atoms with Crippen molar-refractivity contribution in [1.29, 1.82) is 0 Å². The van der Waals surface area contributed by atoms with Crippen LogP contribution in [-0.2, 0) is 28.7 Å². The molecule has 88 valence electrons. The molecule has 1 fully saturated rings. The lowest BCUT2D eigenvalue weighted by Crippen LogP contribution is -2.28. The summed E-state index contributed by atoms with van der Waals surface area (Å²) in [6.45, 7) is 1.48. The third kappa shape index (κ3) is 1.70. The van der Waals surface area contributed by atoms with E-state index in [1.807, 2.05) is 0 Å². The lowest BCUT2D eigenvalue weighted by molar-refractivity contribution is -0.151. The van der Waals surface area contributed by atoms with Gasteiger partial charge in [-0.2, -0.15) is 0 Å². The molecule has 0 amide bonds. The first-order chi connectivity index (χ1) is 7.45. The predicted octanol–water partition coefficient (Wildman–Crippen LogP) is -0.647. The molecule has 6 heteroatoms. The van der Waals surface area contributed by atoms with Crippen molar-refractivity contribution in [3.8, 4) is 0 Å². The Morgan fingerprint density at radius 3 is 1.50 bits per heavy atom. The van der Waals surface area contributed by atoms with Gasteiger partial charge in [-0.3, -0.25) is 19.2 Å². The molecule has 0 radical (unpaired) electrons. The van der Waals surface area contributed by atoms with Crippen LogP contribution < -0.4 is 0 Å². The van der Waals surface area contributed by atoms with Crippen LogP contribution in [0.3, 0.4) is 0 Å². The average Bonchev–Trinajstić information content (AvgIpc) is 2.49. The highest BCUT2D eigenvalue weighted by Gasteiger charge is 2.54. The van der Waals surface area contributed by atoms with Crippen LogP contribution in [0, 0.1) is 17.8 Å². The molecular formula is C10H12O6. The van der Waals surface area contributed by atoms with Gasteiger partial charge in [0.1, 0.15) is 11.8 Å². The molecule has 16 heavy (non-hydrogen) atoms. The number of ether oxygens (including phenoxy) is 2. The summed E-state index contributed by atoms with van der Waals surface area (Å²) < 4.78 is 8.84. The molecular weight excluding hydrogens is 216 g/mol. The Morgan fingerprint density at radius 1 is 0.938 bits per heavy atom. The van der Waals surface area contributed by atoms with Crippen LogP contribution in [0.15, 0.2) is 0 Å². The summed E-state index contributed by atoms with van der Waals surface area (Å²) in [6.07, 6.45) is 0. The highest BCUT2D eigenvalue weighted by molar-refractivity contribution is 6.47. The van der Waals surface area contributed by atoms with Crippen LogP contribution in [-0.4, -0.2) is 37.7 Å². The number of ketones is 2. The zero-order valence-electron chi connectivity index (χ0n) is 9.18. The molecule has 6 nitrogen and oxygen atoms in total. The van der Waals surface area contributed by atoms with Crippen LogP contribution in [0.5, 0.6) is 0 Å². The van der Waals surface area contributed by atoms with Gasteiger partial charge in [0.05, 0.1) is 14.2 Å². The minimum Gasteiger partial charge on any atom is -0.468 e. The van der Waals surface area contributed by atoms with Crippen molar-refractivity contribution >= 4 is 23.5 Å². The number of carbonyl (C=O) groups excluding carboxylic acids is 4. The lowest BCUT2D eigenvalue weighted by Gasteiger charge is -2.14. The van der Waals surface area contributed by atoms with Gasteiger partial charge in [0.25, 0.3) is 0 Å². The second kappa shape index (κ2) is 4.42. The minimum atomic E-state index is -1.19. The van der Waals surface area contributed by atoms with Crippen molar-refractivity contribution in [2.75, 3.05) is 14.2 Å². The van der Waals surface area contributed by atoms with Gasteiger partial charge >= 0.3 is 11.9 Å². The molecule has 0 spiro atoms. The Kier molecular flexibility index (Phi) is 3.41. The van der Waals surface area contributed by atoms with Crippen molar-refractivity contribution < 1.29 is 28.7 Å². The molecule has 0 heterocycles. The van der Waals surface area contributed by atoms with E-state index in [0.29, 0.717) is 0 Å². The fourth-order valence-electron chi connectivity index (χ4n) is 1.87. The van der Waals surface area contributed by atoms with Crippen LogP contribution in [0.2, 0.25) is 0 Å². The Bertz CT molecular complexity index is 324. The summed E-state index contributed by atoms with van der Waals surface area (Å²) in [5.41, 5.74) is 0. The van der Waals surface area contributed by atoms with Gasteiger partial charge in [-0.15, -0.1) is 0 Å². The van der Waals surface area contributed by atoms with Crippen molar-refractivity contribution in [3.05, 3.63) is 0 Å². The first-order valence-electron chi connectivity index (χ1n) is 4.69. The number of hydrogen-bond donors (Lipinski definition) is 0. The molecule has 1 aliphatic rings. The van der Waals surface area contributed by atoms with Crippen molar-refractivity contribution in [1.82, 2.24) is 0 Å². The van der Waals surface area contributed by atoms with E-state index in [1.165, 1.54) is 6.92 Å². The number of rotatable bonds is 2. The maximum absolute atomic E-state index is 11.5. The minimum absolute atomic E-state index is 0.722. The molecule has 0 aliphatic heterocycles. The zero-order valence-corrected chi connectivity index (χ0v) is 9.18. The van der Waals surface area contributed by atoms with E-state index in [-0.39, 0.29) is 0 Å². The van der Waals surface area contributed by atoms with Gasteiger partial charge in [-0.25, -0.2) is 0 Å². The Balaban J connectivity index is 3.03. The van der Waals surface area contributed by atoms with Crippen LogP contribution >= 0.6 is 0 Å². The van der Waals surface area contributed by atoms with Crippen molar-refractivity contribution in [3.63, 3.8) is 0 Å². The number of Topliss-reactive ketones (excluding diaryl/α,β-unsaturated/α-hetero) is 2. The highest BCUT2D eigenvalue weighted by atomic mass is 16.5. The topological polar surface area (TPSA) is 86.7 Å². The molecule has 0 aromatic carbocycles.